The first kappa shape index (κ1) is 17.9. The van der Waals surface area contributed by atoms with Gasteiger partial charge in [-0.3, -0.25) is 4.79 Å². The van der Waals surface area contributed by atoms with Crippen LogP contribution in [0.2, 0.25) is 5.02 Å². The number of anilines is 1. The van der Waals surface area contributed by atoms with Crippen LogP contribution in [0.25, 0.3) is 5.69 Å². The molecule has 2 heterocycles. The number of rotatable bonds is 3. The lowest BCUT2D eigenvalue weighted by Crippen LogP contribution is -2.15. The molecule has 1 aliphatic rings. The van der Waals surface area contributed by atoms with Gasteiger partial charge in [0.1, 0.15) is 11.6 Å². The molecule has 2 aromatic carbocycles. The number of thioether (sulfide) groups is 1. The number of nitrogens with zero attached hydrogens (tertiary/aromatic N) is 2. The van der Waals surface area contributed by atoms with Crippen molar-refractivity contribution < 1.29 is 9.53 Å². The zero-order chi connectivity index (χ0) is 19.0. The fourth-order valence-corrected chi connectivity index (χ4v) is 4.60. The van der Waals surface area contributed by atoms with Gasteiger partial charge in [0.25, 0.3) is 0 Å². The summed E-state index contributed by atoms with van der Waals surface area (Å²) in [7, 11) is 1.63. The number of halogens is 1. The molecule has 0 saturated heterocycles. The fourth-order valence-electron chi connectivity index (χ4n) is 3.23. The van der Waals surface area contributed by atoms with E-state index in [0.29, 0.717) is 16.6 Å². The molecule has 0 saturated carbocycles. The predicted molar refractivity (Wildman–Crippen MR) is 109 cm³/mol. The highest BCUT2D eigenvalue weighted by atomic mass is 35.5. The summed E-state index contributed by atoms with van der Waals surface area (Å²) in [6, 6.07) is 15.4. The molecule has 27 heavy (non-hydrogen) atoms. The third-order valence-electron chi connectivity index (χ3n) is 4.48. The molecule has 1 aromatic heterocycles. The van der Waals surface area contributed by atoms with Crippen LogP contribution in [-0.4, -0.2) is 28.6 Å². The quantitative estimate of drug-likeness (QED) is 0.698. The van der Waals surface area contributed by atoms with E-state index in [1.54, 1.807) is 23.6 Å². The van der Waals surface area contributed by atoms with E-state index in [1.165, 1.54) is 0 Å². The van der Waals surface area contributed by atoms with Gasteiger partial charge >= 0.3 is 0 Å². The first-order valence-electron chi connectivity index (χ1n) is 8.47. The minimum Gasteiger partial charge on any atom is -0.497 e. The molecule has 138 valence electrons. The van der Waals surface area contributed by atoms with Crippen molar-refractivity contribution in [2.45, 2.75) is 12.2 Å². The highest BCUT2D eigenvalue weighted by Crippen LogP contribution is 2.44. The first-order valence-corrected chi connectivity index (χ1v) is 9.90. The maximum atomic E-state index is 12.4. The summed E-state index contributed by atoms with van der Waals surface area (Å²) in [5, 5.41) is 8.39. The number of carbonyl (C=O) groups excluding carboxylic acids is 1. The molecule has 0 aliphatic carbocycles. The Morgan fingerprint density at radius 2 is 2.04 bits per heavy atom. The van der Waals surface area contributed by atoms with Crippen molar-refractivity contribution in [1.82, 2.24) is 9.78 Å². The summed E-state index contributed by atoms with van der Waals surface area (Å²) in [5.74, 6) is 1.80. The Morgan fingerprint density at radius 3 is 2.74 bits per heavy atom. The Labute approximate surface area is 166 Å². The number of amides is 1. The van der Waals surface area contributed by atoms with Crippen molar-refractivity contribution in [1.29, 1.82) is 0 Å². The molecule has 0 spiro atoms. The number of fused-ring (bicyclic) bond motifs is 1. The zero-order valence-corrected chi connectivity index (χ0v) is 16.5. The lowest BCUT2D eigenvalue weighted by atomic mass is 10.0. The second-order valence-electron chi connectivity index (χ2n) is 6.25. The summed E-state index contributed by atoms with van der Waals surface area (Å²) in [5.41, 5.74) is 3.80. The minimum atomic E-state index is -0.0413. The number of carbonyl (C=O) groups is 1. The Bertz CT molecular complexity index is 1000. The number of methoxy groups -OCH3 is 1. The monoisotopic (exact) mass is 399 g/mol. The largest absolute Gasteiger partial charge is 0.497 e. The van der Waals surface area contributed by atoms with Gasteiger partial charge in [0.15, 0.2) is 0 Å². The van der Waals surface area contributed by atoms with Crippen molar-refractivity contribution in [2.75, 3.05) is 18.2 Å². The Balaban J connectivity index is 1.86. The highest BCUT2D eigenvalue weighted by molar-refractivity contribution is 8.00. The Kier molecular flexibility index (Phi) is 4.85. The van der Waals surface area contributed by atoms with Gasteiger partial charge in [0.05, 0.1) is 29.5 Å². The number of nitrogens with one attached hydrogen (secondary N) is 1. The van der Waals surface area contributed by atoms with Crippen LogP contribution in [0.4, 0.5) is 5.82 Å². The van der Waals surface area contributed by atoms with Crippen LogP contribution < -0.4 is 10.1 Å². The second kappa shape index (κ2) is 7.29. The summed E-state index contributed by atoms with van der Waals surface area (Å²) < 4.78 is 7.01. The lowest BCUT2D eigenvalue weighted by Gasteiger charge is -2.15. The van der Waals surface area contributed by atoms with Crippen molar-refractivity contribution in [3.05, 3.63) is 70.4 Å². The van der Waals surface area contributed by atoms with Crippen LogP contribution >= 0.6 is 23.4 Å². The third-order valence-corrected chi connectivity index (χ3v) is 5.98. The summed E-state index contributed by atoms with van der Waals surface area (Å²) in [6.07, 6.45) is 0. The maximum absolute atomic E-state index is 12.4. The van der Waals surface area contributed by atoms with Gasteiger partial charge in [0, 0.05) is 10.6 Å². The van der Waals surface area contributed by atoms with E-state index in [-0.39, 0.29) is 11.2 Å². The molecular formula is C20H18ClN3O2S. The normalized spacial score (nSPS) is 16.4. The van der Waals surface area contributed by atoms with Crippen LogP contribution in [0.3, 0.4) is 0 Å². The van der Waals surface area contributed by atoms with Gasteiger partial charge in [-0.15, -0.1) is 11.8 Å². The number of benzene rings is 2. The molecule has 1 amide bonds. The molecular weight excluding hydrogens is 382 g/mol. The van der Waals surface area contributed by atoms with Crippen LogP contribution in [0, 0.1) is 6.92 Å². The summed E-state index contributed by atoms with van der Waals surface area (Å²) >= 11 is 7.79. The SMILES string of the molecule is COc1ccc(-n2nc(C)c3c2NC(=O)CSC3c2cccc(Cl)c2)cc1. The van der Waals surface area contributed by atoms with Gasteiger partial charge in [-0.05, 0) is 48.9 Å². The van der Waals surface area contributed by atoms with Crippen LogP contribution in [-0.2, 0) is 4.79 Å². The molecule has 4 rings (SSSR count). The molecule has 0 bridgehead atoms. The van der Waals surface area contributed by atoms with E-state index in [1.807, 2.05) is 55.5 Å². The standard InChI is InChI=1S/C20H18ClN3O2S/c1-12-18-19(13-4-3-5-14(21)10-13)27-11-17(25)22-20(18)24(23-12)15-6-8-16(26-2)9-7-15/h3-10,19H,11H2,1-2H3,(H,22,25). The fraction of sp³-hybridized carbons (Fsp3) is 0.200. The topological polar surface area (TPSA) is 56.1 Å². The number of ether oxygens (including phenoxy) is 1. The van der Waals surface area contributed by atoms with E-state index < -0.39 is 0 Å². The van der Waals surface area contributed by atoms with Crippen LogP contribution in [0.15, 0.2) is 48.5 Å². The van der Waals surface area contributed by atoms with E-state index in [2.05, 4.69) is 5.32 Å². The van der Waals surface area contributed by atoms with E-state index in [0.717, 1.165) is 28.3 Å². The molecule has 1 atom stereocenters. The van der Waals surface area contributed by atoms with Crippen molar-refractivity contribution in [3.63, 3.8) is 0 Å². The molecule has 5 nitrogen and oxygen atoms in total. The lowest BCUT2D eigenvalue weighted by molar-refractivity contribution is -0.113. The molecule has 3 aromatic rings. The van der Waals surface area contributed by atoms with E-state index >= 15 is 0 Å². The molecule has 1 aliphatic heterocycles. The Hall–Kier alpha value is -2.44. The second-order valence-corrected chi connectivity index (χ2v) is 7.78. The smallest absolute Gasteiger partial charge is 0.235 e. The molecule has 7 heteroatoms. The number of hydrogen-bond acceptors (Lipinski definition) is 4. The highest BCUT2D eigenvalue weighted by Gasteiger charge is 2.30. The Morgan fingerprint density at radius 1 is 1.26 bits per heavy atom. The van der Waals surface area contributed by atoms with E-state index in [4.69, 9.17) is 21.4 Å². The van der Waals surface area contributed by atoms with E-state index in [9.17, 15) is 4.79 Å². The van der Waals surface area contributed by atoms with Crippen molar-refractivity contribution >= 4 is 35.1 Å². The molecule has 0 fully saturated rings. The van der Waals surface area contributed by atoms with Crippen molar-refractivity contribution in [2.24, 2.45) is 0 Å². The van der Waals surface area contributed by atoms with Crippen LogP contribution in [0.1, 0.15) is 22.1 Å². The van der Waals surface area contributed by atoms with Gasteiger partial charge in [-0.2, -0.15) is 5.10 Å². The number of aryl methyl sites for hydroxylation is 1. The summed E-state index contributed by atoms with van der Waals surface area (Å²) in [6.45, 7) is 1.97. The minimum absolute atomic E-state index is 0.0235. The van der Waals surface area contributed by atoms with Gasteiger partial charge in [-0.1, -0.05) is 23.7 Å². The number of aromatic nitrogens is 2. The maximum Gasteiger partial charge on any atom is 0.235 e. The van der Waals surface area contributed by atoms with Crippen LogP contribution in [0.5, 0.6) is 5.75 Å². The zero-order valence-electron chi connectivity index (χ0n) is 14.9. The number of hydrogen-bond donors (Lipinski definition) is 1. The molecule has 0 radical (unpaired) electrons. The third kappa shape index (κ3) is 3.42. The van der Waals surface area contributed by atoms with Gasteiger partial charge in [0.2, 0.25) is 5.91 Å². The first-order chi connectivity index (χ1) is 13.1. The predicted octanol–water partition coefficient (Wildman–Crippen LogP) is 4.62. The average molecular weight is 400 g/mol. The van der Waals surface area contributed by atoms with Gasteiger partial charge in [-0.25, -0.2) is 4.68 Å². The summed E-state index contributed by atoms with van der Waals surface area (Å²) in [4.78, 5) is 12.4. The van der Waals surface area contributed by atoms with Gasteiger partial charge < -0.3 is 10.1 Å². The molecule has 1 N–H and O–H groups in total. The molecule has 1 unspecified atom stereocenters. The van der Waals surface area contributed by atoms with Crippen molar-refractivity contribution in [3.8, 4) is 11.4 Å². The average Bonchev–Trinajstić information content (AvgIpc) is 2.87.